The molecule has 1 saturated carbocycles. The molecule has 2 heterocycles. The molecule has 1 aliphatic carbocycles. The van der Waals surface area contributed by atoms with Gasteiger partial charge >= 0.3 is 24.1 Å². The van der Waals surface area contributed by atoms with Gasteiger partial charge in [0.1, 0.15) is 0 Å². The van der Waals surface area contributed by atoms with Gasteiger partial charge in [0.2, 0.25) is 0 Å². The molecule has 0 spiro atoms. The number of nitrogens with zero attached hydrogens (tertiary/aromatic N) is 3. The van der Waals surface area contributed by atoms with Crippen molar-refractivity contribution in [3.63, 3.8) is 0 Å². The summed E-state index contributed by atoms with van der Waals surface area (Å²) in [5, 5.41) is 17.8. The summed E-state index contributed by atoms with van der Waals surface area (Å²) < 4.78 is 42.1. The average molecular weight is 446 g/mol. The lowest BCUT2D eigenvalue weighted by atomic mass is 9.77. The number of halogens is 3. The van der Waals surface area contributed by atoms with E-state index in [9.17, 15) is 18.0 Å². The fourth-order valence-corrected chi connectivity index (χ4v) is 4.02. The summed E-state index contributed by atoms with van der Waals surface area (Å²) in [7, 11) is 0. The molecule has 2 aromatic heterocycles. The predicted molar refractivity (Wildman–Crippen MR) is 109 cm³/mol. The van der Waals surface area contributed by atoms with Gasteiger partial charge in [-0.15, -0.1) is 5.10 Å². The lowest BCUT2D eigenvalue weighted by Gasteiger charge is -2.28. The minimum Gasteiger partial charge on any atom is -0.481 e. The number of carbonyl (C=O) groups is 1. The Bertz CT molecular complexity index is 1060. The molecule has 1 fully saturated rings. The Kier molecular flexibility index (Phi) is 6.11. The number of nitrogens with one attached hydrogen (secondary N) is 1. The maximum atomic E-state index is 12.5. The summed E-state index contributed by atoms with van der Waals surface area (Å²) in [6.45, 7) is 0. The van der Waals surface area contributed by atoms with E-state index in [1.165, 1.54) is 11.8 Å². The second-order valence-electron chi connectivity index (χ2n) is 7.90. The summed E-state index contributed by atoms with van der Waals surface area (Å²) in [6, 6.07) is 11.2. The largest absolute Gasteiger partial charge is 0.481 e. The number of hydrogen-bond acceptors (Lipinski definition) is 6. The lowest BCUT2D eigenvalue weighted by Crippen LogP contribution is -2.16. The smallest absolute Gasteiger partial charge is 0.470 e. The summed E-state index contributed by atoms with van der Waals surface area (Å²) >= 11 is 0. The van der Waals surface area contributed by atoms with Crippen LogP contribution < -0.4 is 5.32 Å². The molecule has 0 atom stereocenters. The zero-order valence-corrected chi connectivity index (χ0v) is 17.0. The van der Waals surface area contributed by atoms with Crippen molar-refractivity contribution in [3.05, 3.63) is 54.0 Å². The highest BCUT2D eigenvalue weighted by atomic mass is 19.4. The second-order valence-corrected chi connectivity index (χ2v) is 7.90. The van der Waals surface area contributed by atoms with Gasteiger partial charge in [-0.3, -0.25) is 9.78 Å². The van der Waals surface area contributed by atoms with Crippen LogP contribution in [0, 0.1) is 5.92 Å². The molecule has 2 N–H and O–H groups in total. The zero-order valence-electron chi connectivity index (χ0n) is 17.0. The van der Waals surface area contributed by atoms with Crippen LogP contribution in [0.25, 0.3) is 11.3 Å². The van der Waals surface area contributed by atoms with E-state index in [1.54, 1.807) is 12.1 Å². The minimum atomic E-state index is -4.70. The number of rotatable bonds is 6. The molecule has 0 amide bonds. The Morgan fingerprint density at radius 1 is 1.06 bits per heavy atom. The number of anilines is 2. The van der Waals surface area contributed by atoms with Crippen molar-refractivity contribution in [3.8, 4) is 11.3 Å². The highest BCUT2D eigenvalue weighted by Crippen LogP contribution is 2.37. The SMILES string of the molecule is O=C(O)CC1CCC(c2ccc(-c3ccc(Nc4nnc(C(F)(F)F)o4)cn3)cc2)CC1. The summed E-state index contributed by atoms with van der Waals surface area (Å²) in [5.41, 5.74) is 3.28. The third-order valence-electron chi connectivity index (χ3n) is 5.67. The maximum Gasteiger partial charge on any atom is 0.470 e. The molecule has 3 aromatic rings. The van der Waals surface area contributed by atoms with Crippen LogP contribution in [-0.2, 0) is 11.0 Å². The Morgan fingerprint density at radius 2 is 1.78 bits per heavy atom. The van der Waals surface area contributed by atoms with Crippen LogP contribution >= 0.6 is 0 Å². The van der Waals surface area contributed by atoms with Crippen LogP contribution in [0.15, 0.2) is 47.0 Å². The topological polar surface area (TPSA) is 101 Å². The van der Waals surface area contributed by atoms with Crippen LogP contribution in [-0.4, -0.2) is 26.3 Å². The molecule has 0 saturated heterocycles. The van der Waals surface area contributed by atoms with E-state index in [1.807, 2.05) is 12.1 Å². The van der Waals surface area contributed by atoms with Gasteiger partial charge in [0.25, 0.3) is 0 Å². The first-order valence-electron chi connectivity index (χ1n) is 10.2. The second kappa shape index (κ2) is 8.97. The van der Waals surface area contributed by atoms with Crippen LogP contribution in [0.5, 0.6) is 0 Å². The van der Waals surface area contributed by atoms with Gasteiger partial charge < -0.3 is 14.8 Å². The molecule has 1 aromatic carbocycles. The number of benzene rings is 1. The molecule has 168 valence electrons. The van der Waals surface area contributed by atoms with E-state index in [0.717, 1.165) is 31.2 Å². The summed E-state index contributed by atoms with van der Waals surface area (Å²) in [6.07, 6.45) is 0.864. The zero-order chi connectivity index (χ0) is 22.7. The van der Waals surface area contributed by atoms with E-state index < -0.39 is 18.0 Å². The van der Waals surface area contributed by atoms with Crippen LogP contribution in [0.4, 0.5) is 24.9 Å². The Morgan fingerprint density at radius 3 is 2.34 bits per heavy atom. The van der Waals surface area contributed by atoms with Crippen molar-refractivity contribution in [2.45, 2.75) is 44.2 Å². The average Bonchev–Trinajstić information content (AvgIpc) is 3.24. The molecule has 0 aliphatic heterocycles. The number of pyridine rings is 1. The van der Waals surface area contributed by atoms with Gasteiger partial charge in [-0.2, -0.15) is 13.2 Å². The van der Waals surface area contributed by atoms with Crippen LogP contribution in [0.1, 0.15) is 49.5 Å². The fourth-order valence-electron chi connectivity index (χ4n) is 4.02. The van der Waals surface area contributed by atoms with Gasteiger partial charge in [0.15, 0.2) is 0 Å². The van der Waals surface area contributed by atoms with Crippen molar-refractivity contribution in [1.29, 1.82) is 0 Å². The number of aliphatic carboxylic acids is 1. The van der Waals surface area contributed by atoms with Crippen LogP contribution in [0.3, 0.4) is 0 Å². The fraction of sp³-hybridized carbons (Fsp3) is 0.364. The number of carboxylic acids is 1. The molecule has 32 heavy (non-hydrogen) atoms. The third kappa shape index (κ3) is 5.24. The number of alkyl halides is 3. The van der Waals surface area contributed by atoms with E-state index in [-0.39, 0.29) is 18.4 Å². The first-order chi connectivity index (χ1) is 15.3. The standard InChI is InChI=1S/C22H21F3N4O3/c23-22(24,25)20-28-29-21(32-20)27-17-9-10-18(26-12-17)16-7-5-15(6-8-16)14-3-1-13(2-4-14)11-19(30)31/h5-10,12-14H,1-4,11H2,(H,27,29)(H,30,31). The molecule has 0 bridgehead atoms. The molecular formula is C22H21F3N4O3. The molecule has 0 unspecified atom stereocenters. The lowest BCUT2D eigenvalue weighted by molar-refractivity contribution is -0.156. The first-order valence-corrected chi connectivity index (χ1v) is 10.2. The van der Waals surface area contributed by atoms with E-state index in [2.05, 4.69) is 37.0 Å². The van der Waals surface area contributed by atoms with Gasteiger partial charge in [0.05, 0.1) is 17.6 Å². The Hall–Kier alpha value is -3.43. The Labute approximate surface area is 181 Å². The van der Waals surface area contributed by atoms with Gasteiger partial charge in [-0.05, 0) is 55.2 Å². The first kappa shape index (κ1) is 21.8. The van der Waals surface area contributed by atoms with Gasteiger partial charge in [0, 0.05) is 12.0 Å². The van der Waals surface area contributed by atoms with Gasteiger partial charge in [-0.25, -0.2) is 0 Å². The molecule has 1 aliphatic rings. The molecule has 10 heteroatoms. The third-order valence-corrected chi connectivity index (χ3v) is 5.67. The number of aromatic nitrogens is 3. The highest BCUT2D eigenvalue weighted by Gasteiger charge is 2.38. The highest BCUT2D eigenvalue weighted by molar-refractivity contribution is 5.67. The number of carboxylic acid groups (broad SMARTS) is 1. The number of hydrogen-bond donors (Lipinski definition) is 2. The quantitative estimate of drug-likeness (QED) is 0.505. The maximum absolute atomic E-state index is 12.5. The van der Waals surface area contributed by atoms with Crippen molar-refractivity contribution in [2.24, 2.45) is 5.92 Å². The predicted octanol–water partition coefficient (Wildman–Crippen LogP) is 5.64. The summed E-state index contributed by atoms with van der Waals surface area (Å²) in [4.78, 5) is 15.2. The monoisotopic (exact) mass is 446 g/mol. The van der Waals surface area contributed by atoms with E-state index in [0.29, 0.717) is 17.3 Å². The van der Waals surface area contributed by atoms with Crippen molar-refractivity contribution in [2.75, 3.05) is 5.32 Å². The summed E-state index contributed by atoms with van der Waals surface area (Å²) in [5.74, 6) is -1.44. The Balaban J connectivity index is 1.36. The van der Waals surface area contributed by atoms with Gasteiger partial charge in [-0.1, -0.05) is 29.4 Å². The molecule has 0 radical (unpaired) electrons. The van der Waals surface area contributed by atoms with Crippen LogP contribution in [0.2, 0.25) is 0 Å². The van der Waals surface area contributed by atoms with Crippen molar-refractivity contribution >= 4 is 17.7 Å². The minimum absolute atomic E-state index is 0.248. The molecular weight excluding hydrogens is 425 g/mol. The van der Waals surface area contributed by atoms with Crippen molar-refractivity contribution in [1.82, 2.24) is 15.2 Å². The molecule has 7 nitrogen and oxygen atoms in total. The van der Waals surface area contributed by atoms with E-state index >= 15 is 0 Å². The van der Waals surface area contributed by atoms with Crippen molar-refractivity contribution < 1.29 is 27.5 Å². The van der Waals surface area contributed by atoms with E-state index in [4.69, 9.17) is 5.11 Å². The normalized spacial score (nSPS) is 19.0. The molecule has 4 rings (SSSR count).